The molecule has 2 aromatic rings. The van der Waals surface area contributed by atoms with Gasteiger partial charge >= 0.3 is 0 Å². The Labute approximate surface area is 106 Å². The molecule has 3 N–H and O–H groups in total. The van der Waals surface area contributed by atoms with E-state index >= 15 is 0 Å². The lowest BCUT2D eigenvalue weighted by atomic mass is 10.2. The molecule has 0 aliphatic rings. The molecule has 0 saturated carbocycles. The SMILES string of the molecule is Cc1cc(NN)nc(-c2ccc(Br)c(F)c2)n1. The summed E-state index contributed by atoms with van der Waals surface area (Å²) >= 11 is 3.10. The second kappa shape index (κ2) is 4.77. The number of nitrogens with two attached hydrogens (primary N) is 1. The molecule has 0 unspecified atom stereocenters. The molecule has 1 aromatic carbocycles. The van der Waals surface area contributed by atoms with E-state index in [4.69, 9.17) is 5.84 Å². The first-order valence-electron chi connectivity index (χ1n) is 4.88. The van der Waals surface area contributed by atoms with Crippen LogP contribution in [0.5, 0.6) is 0 Å². The molecule has 0 saturated heterocycles. The van der Waals surface area contributed by atoms with E-state index in [2.05, 4.69) is 31.3 Å². The fourth-order valence-electron chi connectivity index (χ4n) is 1.41. The van der Waals surface area contributed by atoms with Crippen LogP contribution in [0, 0.1) is 12.7 Å². The summed E-state index contributed by atoms with van der Waals surface area (Å²) in [6.07, 6.45) is 0. The Balaban J connectivity index is 2.52. The standard InChI is InChI=1S/C11H10BrFN4/c1-6-4-10(17-14)16-11(15-6)7-2-3-8(12)9(13)5-7/h2-5H,14H2,1H3,(H,15,16,17). The number of halogens is 2. The molecule has 1 heterocycles. The van der Waals surface area contributed by atoms with Gasteiger partial charge in [-0.2, -0.15) is 0 Å². The van der Waals surface area contributed by atoms with Gasteiger partial charge in [0.25, 0.3) is 0 Å². The summed E-state index contributed by atoms with van der Waals surface area (Å²) in [4.78, 5) is 8.40. The highest BCUT2D eigenvalue weighted by Crippen LogP contribution is 2.23. The third-order valence-corrected chi connectivity index (χ3v) is 2.82. The van der Waals surface area contributed by atoms with Crippen molar-refractivity contribution < 1.29 is 4.39 Å². The van der Waals surface area contributed by atoms with Crippen LogP contribution in [-0.4, -0.2) is 9.97 Å². The van der Waals surface area contributed by atoms with Gasteiger partial charge in [-0.25, -0.2) is 20.2 Å². The number of nitrogens with one attached hydrogen (secondary N) is 1. The second-order valence-corrected chi connectivity index (χ2v) is 4.35. The molecule has 0 spiro atoms. The Bertz CT molecular complexity index is 559. The number of hydrogen-bond acceptors (Lipinski definition) is 4. The van der Waals surface area contributed by atoms with E-state index in [-0.39, 0.29) is 5.82 Å². The molecule has 0 aliphatic carbocycles. The van der Waals surface area contributed by atoms with Gasteiger partial charge in [0.1, 0.15) is 11.6 Å². The molecule has 0 fully saturated rings. The highest BCUT2D eigenvalue weighted by atomic mass is 79.9. The predicted molar refractivity (Wildman–Crippen MR) is 67.7 cm³/mol. The Kier molecular flexibility index (Phi) is 3.35. The van der Waals surface area contributed by atoms with Crippen LogP contribution in [-0.2, 0) is 0 Å². The molecular formula is C11H10BrFN4. The van der Waals surface area contributed by atoms with Crippen molar-refractivity contribution in [1.29, 1.82) is 0 Å². The summed E-state index contributed by atoms with van der Waals surface area (Å²) in [6, 6.07) is 6.44. The topological polar surface area (TPSA) is 63.8 Å². The van der Waals surface area contributed by atoms with E-state index in [0.717, 1.165) is 5.69 Å². The lowest BCUT2D eigenvalue weighted by Crippen LogP contribution is -2.10. The number of nitrogen functional groups attached to an aromatic ring is 1. The minimum atomic E-state index is -0.352. The number of aryl methyl sites for hydroxylation is 1. The molecule has 4 nitrogen and oxygen atoms in total. The van der Waals surface area contributed by atoms with E-state index in [0.29, 0.717) is 21.7 Å². The van der Waals surface area contributed by atoms with Crippen molar-refractivity contribution >= 4 is 21.7 Å². The second-order valence-electron chi connectivity index (χ2n) is 3.49. The Hall–Kier alpha value is -1.53. The van der Waals surface area contributed by atoms with Crippen LogP contribution in [0.1, 0.15) is 5.69 Å². The normalized spacial score (nSPS) is 10.4. The van der Waals surface area contributed by atoms with Gasteiger partial charge in [-0.1, -0.05) is 0 Å². The van der Waals surface area contributed by atoms with Gasteiger partial charge in [0.15, 0.2) is 5.82 Å². The van der Waals surface area contributed by atoms with E-state index in [1.807, 2.05) is 6.92 Å². The van der Waals surface area contributed by atoms with E-state index in [1.54, 1.807) is 18.2 Å². The van der Waals surface area contributed by atoms with Crippen LogP contribution in [0.15, 0.2) is 28.7 Å². The maximum Gasteiger partial charge on any atom is 0.161 e. The molecule has 2 rings (SSSR count). The maximum absolute atomic E-state index is 13.4. The molecule has 0 atom stereocenters. The van der Waals surface area contributed by atoms with Crippen molar-refractivity contribution in [2.24, 2.45) is 5.84 Å². The van der Waals surface area contributed by atoms with Crippen molar-refractivity contribution in [1.82, 2.24) is 9.97 Å². The molecule has 0 radical (unpaired) electrons. The van der Waals surface area contributed by atoms with Gasteiger partial charge in [0.05, 0.1) is 4.47 Å². The van der Waals surface area contributed by atoms with Gasteiger partial charge in [0, 0.05) is 17.3 Å². The van der Waals surface area contributed by atoms with Crippen LogP contribution in [0.25, 0.3) is 11.4 Å². The van der Waals surface area contributed by atoms with E-state index in [9.17, 15) is 4.39 Å². The minimum Gasteiger partial charge on any atom is -0.308 e. The van der Waals surface area contributed by atoms with Crippen molar-refractivity contribution in [3.63, 3.8) is 0 Å². The molecule has 0 bridgehead atoms. The smallest absolute Gasteiger partial charge is 0.161 e. The van der Waals surface area contributed by atoms with Gasteiger partial charge in [0.2, 0.25) is 0 Å². The molecule has 0 amide bonds. The Morgan fingerprint density at radius 2 is 2.06 bits per heavy atom. The van der Waals surface area contributed by atoms with E-state index in [1.165, 1.54) is 6.07 Å². The molecule has 1 aromatic heterocycles. The first-order valence-corrected chi connectivity index (χ1v) is 5.67. The third-order valence-electron chi connectivity index (χ3n) is 2.18. The van der Waals surface area contributed by atoms with Gasteiger partial charge < -0.3 is 5.43 Å². The van der Waals surface area contributed by atoms with Gasteiger partial charge in [-0.3, -0.25) is 0 Å². The zero-order chi connectivity index (χ0) is 12.4. The van der Waals surface area contributed by atoms with Crippen LogP contribution in [0.4, 0.5) is 10.2 Å². The number of hydrogen-bond donors (Lipinski definition) is 2. The molecular weight excluding hydrogens is 287 g/mol. The molecule has 0 aliphatic heterocycles. The first-order chi connectivity index (χ1) is 8.10. The van der Waals surface area contributed by atoms with Gasteiger partial charge in [-0.15, -0.1) is 0 Å². The molecule has 88 valence electrons. The van der Waals surface area contributed by atoms with Crippen LogP contribution in [0.3, 0.4) is 0 Å². The maximum atomic E-state index is 13.4. The van der Waals surface area contributed by atoms with E-state index < -0.39 is 0 Å². The number of nitrogens with zero attached hydrogens (tertiary/aromatic N) is 2. The first kappa shape index (κ1) is 11.9. The monoisotopic (exact) mass is 296 g/mol. The van der Waals surface area contributed by atoms with Crippen molar-refractivity contribution in [2.45, 2.75) is 6.92 Å². The summed E-state index contributed by atoms with van der Waals surface area (Å²) in [5, 5.41) is 0. The quantitative estimate of drug-likeness (QED) is 0.660. The van der Waals surface area contributed by atoms with Gasteiger partial charge in [-0.05, 0) is 41.1 Å². The Morgan fingerprint density at radius 1 is 1.29 bits per heavy atom. The summed E-state index contributed by atoms with van der Waals surface area (Å²) in [7, 11) is 0. The molecule has 17 heavy (non-hydrogen) atoms. The average Bonchev–Trinajstić information content (AvgIpc) is 2.32. The van der Waals surface area contributed by atoms with Crippen LogP contribution < -0.4 is 11.3 Å². The molecule has 6 heteroatoms. The summed E-state index contributed by atoms with van der Waals surface area (Å²) in [5.41, 5.74) is 3.81. The lowest BCUT2D eigenvalue weighted by Gasteiger charge is -2.05. The average molecular weight is 297 g/mol. The summed E-state index contributed by atoms with van der Waals surface area (Å²) in [5.74, 6) is 5.88. The fraction of sp³-hybridized carbons (Fsp3) is 0.0909. The number of anilines is 1. The largest absolute Gasteiger partial charge is 0.308 e. The minimum absolute atomic E-state index is 0.352. The van der Waals surface area contributed by atoms with Crippen LogP contribution >= 0.6 is 15.9 Å². The summed E-state index contributed by atoms with van der Waals surface area (Å²) in [6.45, 7) is 1.82. The highest BCUT2D eigenvalue weighted by molar-refractivity contribution is 9.10. The van der Waals surface area contributed by atoms with Crippen molar-refractivity contribution in [2.75, 3.05) is 5.43 Å². The third kappa shape index (κ3) is 2.59. The van der Waals surface area contributed by atoms with Crippen molar-refractivity contribution in [3.05, 3.63) is 40.2 Å². The zero-order valence-corrected chi connectivity index (χ0v) is 10.6. The number of aromatic nitrogens is 2. The number of hydrazine groups is 1. The van der Waals surface area contributed by atoms with Crippen molar-refractivity contribution in [3.8, 4) is 11.4 Å². The highest BCUT2D eigenvalue weighted by Gasteiger charge is 2.07. The Morgan fingerprint density at radius 3 is 2.71 bits per heavy atom. The number of rotatable bonds is 2. The fourth-order valence-corrected chi connectivity index (χ4v) is 1.65. The zero-order valence-electron chi connectivity index (χ0n) is 9.04. The lowest BCUT2D eigenvalue weighted by molar-refractivity contribution is 0.621. The summed E-state index contributed by atoms with van der Waals surface area (Å²) < 4.78 is 13.8. The number of benzene rings is 1. The van der Waals surface area contributed by atoms with Crippen LogP contribution in [0.2, 0.25) is 0 Å². The predicted octanol–water partition coefficient (Wildman–Crippen LogP) is 2.64.